The number of hydrogen-bond acceptors (Lipinski definition) is 3. The Hall–Kier alpha value is -3.02. The fraction of sp³-hybridized carbons (Fsp3) is 0.444. The molecule has 3 heterocycles. The fourth-order valence-corrected chi connectivity index (χ4v) is 5.32. The summed E-state index contributed by atoms with van der Waals surface area (Å²) in [7, 11) is 0. The number of amides is 1. The lowest BCUT2D eigenvalue weighted by Gasteiger charge is -2.32. The van der Waals surface area contributed by atoms with Crippen LogP contribution < -0.4 is 0 Å². The highest BCUT2D eigenvalue weighted by Crippen LogP contribution is 2.32. The zero-order chi connectivity index (χ0) is 22.9. The number of halogens is 1. The van der Waals surface area contributed by atoms with Gasteiger partial charge in [0, 0.05) is 42.5 Å². The number of nitrogens with zero attached hydrogens (tertiary/aromatic N) is 4. The van der Waals surface area contributed by atoms with Crippen molar-refractivity contribution in [2.75, 3.05) is 13.1 Å². The molecule has 0 radical (unpaired) electrons. The maximum absolute atomic E-state index is 13.5. The van der Waals surface area contributed by atoms with Crippen LogP contribution in [-0.2, 0) is 19.4 Å². The second-order valence-electron chi connectivity index (χ2n) is 9.29. The van der Waals surface area contributed by atoms with Gasteiger partial charge in [0.1, 0.15) is 11.5 Å². The quantitative estimate of drug-likeness (QED) is 0.546. The second-order valence-corrected chi connectivity index (χ2v) is 9.29. The van der Waals surface area contributed by atoms with Crippen LogP contribution in [-0.4, -0.2) is 38.7 Å². The number of likely N-dealkylation sites (tertiary alicyclic amines) is 1. The summed E-state index contributed by atoms with van der Waals surface area (Å²) in [6, 6.07) is 10.8. The smallest absolute Gasteiger partial charge is 0.272 e. The summed E-state index contributed by atoms with van der Waals surface area (Å²) in [5.74, 6) is 0.223. The van der Waals surface area contributed by atoms with Crippen molar-refractivity contribution in [3.05, 3.63) is 70.6 Å². The van der Waals surface area contributed by atoms with Crippen LogP contribution in [0.1, 0.15) is 71.7 Å². The van der Waals surface area contributed by atoms with Gasteiger partial charge in [-0.25, -0.2) is 4.39 Å². The summed E-state index contributed by atoms with van der Waals surface area (Å²) in [5, 5.41) is 4.74. The van der Waals surface area contributed by atoms with E-state index in [0.29, 0.717) is 5.92 Å². The first-order valence-corrected chi connectivity index (χ1v) is 12.2. The van der Waals surface area contributed by atoms with Gasteiger partial charge in [0.25, 0.3) is 5.91 Å². The highest BCUT2D eigenvalue weighted by Gasteiger charge is 2.31. The van der Waals surface area contributed by atoms with Gasteiger partial charge in [-0.2, -0.15) is 5.10 Å². The zero-order valence-corrected chi connectivity index (χ0v) is 19.5. The van der Waals surface area contributed by atoms with Gasteiger partial charge < -0.3 is 4.90 Å². The third-order valence-corrected chi connectivity index (χ3v) is 7.08. The van der Waals surface area contributed by atoms with E-state index in [9.17, 15) is 9.18 Å². The number of rotatable bonds is 4. The number of carbonyl (C=O) groups excluding carboxylic acids is 1. The van der Waals surface area contributed by atoms with Crippen molar-refractivity contribution in [3.8, 4) is 11.1 Å². The number of carbonyl (C=O) groups is 1. The third kappa shape index (κ3) is 4.31. The van der Waals surface area contributed by atoms with Gasteiger partial charge in [-0.15, -0.1) is 0 Å². The molecular formula is C27H31FN4O. The van der Waals surface area contributed by atoms with Crippen LogP contribution >= 0.6 is 0 Å². The van der Waals surface area contributed by atoms with Crippen LogP contribution in [0.15, 0.2) is 36.4 Å². The minimum absolute atomic E-state index is 0.134. The summed E-state index contributed by atoms with van der Waals surface area (Å²) in [4.78, 5) is 20.3. The maximum atomic E-state index is 13.5. The Labute approximate surface area is 194 Å². The number of aryl methyl sites for hydroxylation is 3. The minimum atomic E-state index is -0.229. The number of hydrogen-bond donors (Lipinski definition) is 0. The molecule has 1 aliphatic heterocycles. The molecule has 1 amide bonds. The Morgan fingerprint density at radius 2 is 1.79 bits per heavy atom. The van der Waals surface area contributed by atoms with Crippen molar-refractivity contribution in [1.29, 1.82) is 0 Å². The third-order valence-electron chi connectivity index (χ3n) is 7.08. The van der Waals surface area contributed by atoms with Gasteiger partial charge in [-0.05, 0) is 87.8 Å². The van der Waals surface area contributed by atoms with Crippen LogP contribution in [0.25, 0.3) is 11.1 Å². The molecule has 1 aliphatic carbocycles. The zero-order valence-electron chi connectivity index (χ0n) is 19.5. The molecule has 0 atom stereocenters. The normalized spacial score (nSPS) is 16.6. The van der Waals surface area contributed by atoms with Crippen LogP contribution in [0.3, 0.4) is 0 Å². The summed E-state index contributed by atoms with van der Waals surface area (Å²) in [6.45, 7) is 6.25. The molecule has 2 aliphatic rings. The summed E-state index contributed by atoms with van der Waals surface area (Å²) < 4.78 is 15.3. The lowest BCUT2D eigenvalue weighted by molar-refractivity contribution is 0.0698. The van der Waals surface area contributed by atoms with E-state index in [0.717, 1.165) is 92.1 Å². The molecule has 0 N–H and O–H groups in total. The number of aromatic nitrogens is 3. The van der Waals surface area contributed by atoms with Crippen molar-refractivity contribution >= 4 is 5.91 Å². The largest absolute Gasteiger partial charge is 0.337 e. The second kappa shape index (κ2) is 9.08. The molecular weight excluding hydrogens is 415 g/mol. The molecule has 172 valence electrons. The van der Waals surface area contributed by atoms with E-state index in [1.807, 2.05) is 34.7 Å². The molecule has 33 heavy (non-hydrogen) atoms. The van der Waals surface area contributed by atoms with Crippen LogP contribution in [0, 0.1) is 12.7 Å². The molecule has 6 heteroatoms. The predicted octanol–water partition coefficient (Wildman–Crippen LogP) is 5.31. The van der Waals surface area contributed by atoms with E-state index < -0.39 is 0 Å². The van der Waals surface area contributed by atoms with E-state index in [1.54, 1.807) is 0 Å². The maximum Gasteiger partial charge on any atom is 0.272 e. The van der Waals surface area contributed by atoms with Gasteiger partial charge in [-0.1, -0.05) is 12.1 Å². The molecule has 5 rings (SSSR count). The van der Waals surface area contributed by atoms with Gasteiger partial charge in [0.15, 0.2) is 0 Å². The van der Waals surface area contributed by atoms with Crippen LogP contribution in [0.2, 0.25) is 0 Å². The van der Waals surface area contributed by atoms with Gasteiger partial charge in [-0.3, -0.25) is 14.5 Å². The minimum Gasteiger partial charge on any atom is -0.337 e. The van der Waals surface area contributed by atoms with Crippen LogP contribution in [0.5, 0.6) is 0 Å². The van der Waals surface area contributed by atoms with E-state index in [-0.39, 0.29) is 11.7 Å². The number of pyridine rings is 1. The molecule has 2 aromatic heterocycles. The van der Waals surface area contributed by atoms with Gasteiger partial charge in [0.2, 0.25) is 0 Å². The summed E-state index contributed by atoms with van der Waals surface area (Å²) in [6.07, 6.45) is 6.05. The average Bonchev–Trinajstić information content (AvgIpc) is 3.22. The van der Waals surface area contributed by atoms with Crippen LogP contribution in [0.4, 0.5) is 4.39 Å². The SMILES string of the molecule is CCn1nc2c(c1C(=O)N1CCC(c3cc(-c4ccc(F)cc4)cc(C)n3)CC1)CCCC2. The van der Waals surface area contributed by atoms with Crippen molar-refractivity contribution < 1.29 is 9.18 Å². The highest BCUT2D eigenvalue weighted by atomic mass is 19.1. The molecule has 0 spiro atoms. The standard InChI is InChI=1S/C27H31FN4O/c1-3-32-26(23-6-4-5-7-24(23)30-32)27(33)31-14-12-20(13-15-31)25-17-21(16-18(2)29-25)19-8-10-22(28)11-9-19/h8-11,16-17,20H,3-7,12-15H2,1-2H3. The fourth-order valence-electron chi connectivity index (χ4n) is 5.32. The first kappa shape index (κ1) is 21.8. The molecule has 1 aromatic carbocycles. The van der Waals surface area contributed by atoms with Gasteiger partial charge >= 0.3 is 0 Å². The van der Waals surface area contributed by atoms with Crippen molar-refractivity contribution in [2.24, 2.45) is 0 Å². The van der Waals surface area contributed by atoms with Crippen molar-refractivity contribution in [1.82, 2.24) is 19.7 Å². The molecule has 1 saturated heterocycles. The Morgan fingerprint density at radius 1 is 1.06 bits per heavy atom. The molecule has 1 fully saturated rings. The Balaban J connectivity index is 1.32. The van der Waals surface area contributed by atoms with Crippen molar-refractivity contribution in [2.45, 2.75) is 64.8 Å². The van der Waals surface area contributed by atoms with E-state index in [1.165, 1.54) is 17.7 Å². The number of benzene rings is 1. The first-order valence-electron chi connectivity index (χ1n) is 12.2. The average molecular weight is 447 g/mol. The Morgan fingerprint density at radius 3 is 2.52 bits per heavy atom. The monoisotopic (exact) mass is 446 g/mol. The van der Waals surface area contributed by atoms with E-state index in [2.05, 4.69) is 13.0 Å². The lowest BCUT2D eigenvalue weighted by atomic mass is 9.90. The predicted molar refractivity (Wildman–Crippen MR) is 127 cm³/mol. The van der Waals surface area contributed by atoms with E-state index in [4.69, 9.17) is 10.1 Å². The summed E-state index contributed by atoms with van der Waals surface area (Å²) >= 11 is 0. The lowest BCUT2D eigenvalue weighted by Crippen LogP contribution is -2.39. The molecule has 3 aromatic rings. The molecule has 0 bridgehead atoms. The first-order chi connectivity index (χ1) is 16.0. The highest BCUT2D eigenvalue weighted by molar-refractivity contribution is 5.94. The topological polar surface area (TPSA) is 51.0 Å². The number of fused-ring (bicyclic) bond motifs is 1. The van der Waals surface area contributed by atoms with Gasteiger partial charge in [0.05, 0.1) is 5.69 Å². The number of piperidine rings is 1. The Bertz CT molecular complexity index is 1160. The Kier molecular flexibility index (Phi) is 6.00. The van der Waals surface area contributed by atoms with Crippen molar-refractivity contribution in [3.63, 3.8) is 0 Å². The molecule has 5 nitrogen and oxygen atoms in total. The summed E-state index contributed by atoms with van der Waals surface area (Å²) in [5.41, 5.74) is 7.21. The van der Waals surface area contributed by atoms with E-state index >= 15 is 0 Å². The molecule has 0 unspecified atom stereocenters. The molecule has 0 saturated carbocycles.